The number of carbonyl (C=O) groups is 1. The molecule has 0 aliphatic heterocycles. The van der Waals surface area contributed by atoms with Crippen molar-refractivity contribution in [2.75, 3.05) is 5.32 Å². The van der Waals surface area contributed by atoms with Crippen molar-refractivity contribution in [3.05, 3.63) is 29.3 Å². The zero-order valence-electron chi connectivity index (χ0n) is 8.13. The van der Waals surface area contributed by atoms with E-state index in [-0.39, 0.29) is 0 Å². The van der Waals surface area contributed by atoms with Crippen molar-refractivity contribution in [1.29, 1.82) is 0 Å². The van der Waals surface area contributed by atoms with Crippen LogP contribution >= 0.6 is 0 Å². The molecule has 0 spiro atoms. The summed E-state index contributed by atoms with van der Waals surface area (Å²) in [6.45, 7) is 4.18. The van der Waals surface area contributed by atoms with E-state index in [9.17, 15) is 4.79 Å². The molecule has 0 aliphatic rings. The van der Waals surface area contributed by atoms with Crippen molar-refractivity contribution in [2.45, 2.75) is 26.7 Å². The maximum atomic E-state index is 10.4. The highest BCUT2D eigenvalue weighted by Crippen LogP contribution is 2.21. The highest BCUT2D eigenvalue weighted by molar-refractivity contribution is 5.75. The first-order valence-electron chi connectivity index (χ1n) is 4.64. The number of hydrogen-bond donors (Lipinski definition) is 1. The van der Waals surface area contributed by atoms with Gasteiger partial charge < -0.3 is 5.32 Å². The standard InChI is InChI=1S/C11H15NO/c1-3-9-6-5-7-10(4-2)11(9)12-8-13/h5-8H,3-4H2,1-2H3,(H,12,13). The SMILES string of the molecule is CCc1cccc(CC)c1NC=O. The number of nitrogens with one attached hydrogen (secondary N) is 1. The first-order valence-corrected chi connectivity index (χ1v) is 4.64. The lowest BCUT2D eigenvalue weighted by Gasteiger charge is -2.10. The van der Waals surface area contributed by atoms with Gasteiger partial charge in [0, 0.05) is 5.69 Å². The lowest BCUT2D eigenvalue weighted by atomic mass is 10.0. The molecule has 1 aromatic carbocycles. The Bertz CT molecular complexity index is 272. The fourth-order valence-corrected chi connectivity index (χ4v) is 1.49. The van der Waals surface area contributed by atoms with Crippen LogP contribution in [0.2, 0.25) is 0 Å². The molecule has 0 atom stereocenters. The van der Waals surface area contributed by atoms with Crippen LogP contribution in [0.25, 0.3) is 0 Å². The molecule has 0 saturated heterocycles. The van der Waals surface area contributed by atoms with Crippen molar-refractivity contribution in [1.82, 2.24) is 0 Å². The van der Waals surface area contributed by atoms with Crippen LogP contribution in [0.5, 0.6) is 0 Å². The quantitative estimate of drug-likeness (QED) is 0.703. The van der Waals surface area contributed by atoms with Crippen LogP contribution in [0.3, 0.4) is 0 Å². The largest absolute Gasteiger partial charge is 0.328 e. The average Bonchev–Trinajstić information content (AvgIpc) is 2.18. The van der Waals surface area contributed by atoms with Crippen molar-refractivity contribution < 1.29 is 4.79 Å². The van der Waals surface area contributed by atoms with E-state index in [2.05, 4.69) is 19.2 Å². The van der Waals surface area contributed by atoms with Crippen LogP contribution in [0.1, 0.15) is 25.0 Å². The van der Waals surface area contributed by atoms with E-state index >= 15 is 0 Å². The van der Waals surface area contributed by atoms with Crippen LogP contribution in [0, 0.1) is 0 Å². The highest BCUT2D eigenvalue weighted by atomic mass is 16.1. The topological polar surface area (TPSA) is 29.1 Å². The molecule has 0 heterocycles. The predicted octanol–water partition coefficient (Wildman–Crippen LogP) is 2.38. The molecule has 0 radical (unpaired) electrons. The fourth-order valence-electron chi connectivity index (χ4n) is 1.49. The van der Waals surface area contributed by atoms with Gasteiger partial charge >= 0.3 is 0 Å². The van der Waals surface area contributed by atoms with Gasteiger partial charge in [0.25, 0.3) is 0 Å². The van der Waals surface area contributed by atoms with E-state index in [1.54, 1.807) is 0 Å². The van der Waals surface area contributed by atoms with Gasteiger partial charge in [0.15, 0.2) is 0 Å². The maximum absolute atomic E-state index is 10.4. The molecule has 1 rings (SSSR count). The molecule has 0 aliphatic carbocycles. The molecule has 0 saturated carbocycles. The average molecular weight is 177 g/mol. The fraction of sp³-hybridized carbons (Fsp3) is 0.364. The van der Waals surface area contributed by atoms with Crippen LogP contribution in [-0.2, 0) is 17.6 Å². The first kappa shape index (κ1) is 9.78. The lowest BCUT2D eigenvalue weighted by Crippen LogP contribution is -2.02. The molecule has 2 heteroatoms. The number of amides is 1. The normalized spacial score (nSPS) is 9.69. The number of hydrogen-bond acceptors (Lipinski definition) is 1. The second-order valence-electron chi connectivity index (χ2n) is 2.92. The summed E-state index contributed by atoms with van der Waals surface area (Å²) in [6.07, 6.45) is 2.64. The number of aryl methyl sites for hydroxylation is 2. The summed E-state index contributed by atoms with van der Waals surface area (Å²) >= 11 is 0. The molecular formula is C11H15NO. The van der Waals surface area contributed by atoms with Crippen LogP contribution in [-0.4, -0.2) is 6.41 Å². The maximum Gasteiger partial charge on any atom is 0.211 e. The van der Waals surface area contributed by atoms with Gasteiger partial charge in [0.05, 0.1) is 0 Å². The summed E-state index contributed by atoms with van der Waals surface area (Å²) in [7, 11) is 0. The van der Waals surface area contributed by atoms with Gasteiger partial charge in [-0.15, -0.1) is 0 Å². The zero-order chi connectivity index (χ0) is 9.68. The molecule has 0 unspecified atom stereocenters. The van der Waals surface area contributed by atoms with E-state index in [0.29, 0.717) is 0 Å². The minimum atomic E-state index is 0.744. The Hall–Kier alpha value is -1.31. The summed E-state index contributed by atoms with van der Waals surface area (Å²) < 4.78 is 0. The van der Waals surface area contributed by atoms with Crippen LogP contribution < -0.4 is 5.32 Å². The summed E-state index contributed by atoms with van der Waals surface area (Å²) in [5.41, 5.74) is 3.39. The number of anilines is 1. The van der Waals surface area contributed by atoms with Gasteiger partial charge in [-0.2, -0.15) is 0 Å². The molecule has 2 nitrogen and oxygen atoms in total. The first-order chi connectivity index (χ1) is 6.33. The Morgan fingerprint density at radius 1 is 1.23 bits per heavy atom. The third-order valence-electron chi connectivity index (χ3n) is 2.20. The van der Waals surface area contributed by atoms with Crippen molar-refractivity contribution in [2.24, 2.45) is 0 Å². The van der Waals surface area contributed by atoms with Crippen molar-refractivity contribution >= 4 is 12.1 Å². The van der Waals surface area contributed by atoms with Crippen molar-refractivity contribution in [3.63, 3.8) is 0 Å². The summed E-state index contributed by atoms with van der Waals surface area (Å²) in [5.74, 6) is 0. The molecular weight excluding hydrogens is 162 g/mol. The number of rotatable bonds is 4. The van der Waals surface area contributed by atoms with E-state index in [0.717, 1.165) is 24.9 Å². The third kappa shape index (κ3) is 2.08. The second kappa shape index (κ2) is 4.65. The highest BCUT2D eigenvalue weighted by Gasteiger charge is 2.03. The summed E-state index contributed by atoms with van der Waals surface area (Å²) in [4.78, 5) is 10.4. The lowest BCUT2D eigenvalue weighted by molar-refractivity contribution is -0.105. The molecule has 1 aromatic rings. The van der Waals surface area contributed by atoms with Gasteiger partial charge in [-0.25, -0.2) is 0 Å². The Morgan fingerprint density at radius 3 is 2.15 bits per heavy atom. The molecule has 13 heavy (non-hydrogen) atoms. The Morgan fingerprint density at radius 2 is 1.77 bits per heavy atom. The number of para-hydroxylation sites is 1. The van der Waals surface area contributed by atoms with Gasteiger partial charge in [-0.05, 0) is 24.0 Å². The molecule has 1 amide bonds. The minimum absolute atomic E-state index is 0.744. The van der Waals surface area contributed by atoms with Gasteiger partial charge in [-0.3, -0.25) is 4.79 Å². The molecule has 0 aromatic heterocycles. The van der Waals surface area contributed by atoms with Crippen LogP contribution in [0.15, 0.2) is 18.2 Å². The van der Waals surface area contributed by atoms with Gasteiger partial charge in [-0.1, -0.05) is 32.0 Å². The van der Waals surface area contributed by atoms with E-state index < -0.39 is 0 Å². The molecule has 1 N–H and O–H groups in total. The Labute approximate surface area is 79.0 Å². The second-order valence-corrected chi connectivity index (χ2v) is 2.92. The van der Waals surface area contributed by atoms with E-state index in [1.165, 1.54) is 11.1 Å². The van der Waals surface area contributed by atoms with Crippen LogP contribution in [0.4, 0.5) is 5.69 Å². The Kier molecular flexibility index (Phi) is 3.50. The number of carbonyl (C=O) groups excluding carboxylic acids is 1. The Balaban J connectivity index is 3.12. The smallest absolute Gasteiger partial charge is 0.211 e. The molecule has 0 fully saturated rings. The van der Waals surface area contributed by atoms with E-state index in [1.807, 2.05) is 18.2 Å². The van der Waals surface area contributed by atoms with Gasteiger partial charge in [0.2, 0.25) is 6.41 Å². The molecule has 0 bridgehead atoms. The van der Waals surface area contributed by atoms with Crippen molar-refractivity contribution in [3.8, 4) is 0 Å². The van der Waals surface area contributed by atoms with E-state index in [4.69, 9.17) is 0 Å². The third-order valence-corrected chi connectivity index (χ3v) is 2.20. The predicted molar refractivity (Wildman–Crippen MR) is 54.9 cm³/mol. The molecule has 70 valence electrons. The zero-order valence-corrected chi connectivity index (χ0v) is 8.13. The monoisotopic (exact) mass is 177 g/mol. The van der Waals surface area contributed by atoms with Gasteiger partial charge in [0.1, 0.15) is 0 Å². The summed E-state index contributed by atoms with van der Waals surface area (Å²) in [5, 5.41) is 2.77. The number of benzene rings is 1. The summed E-state index contributed by atoms with van der Waals surface area (Å²) in [6, 6.07) is 6.13. The minimum Gasteiger partial charge on any atom is -0.328 e.